The first-order valence-electron chi connectivity index (χ1n) is 7.93. The molecule has 4 heteroatoms. The Balaban J connectivity index is 1.99. The van der Waals surface area contributed by atoms with E-state index in [1.54, 1.807) is 11.8 Å². The van der Waals surface area contributed by atoms with E-state index in [4.69, 9.17) is 0 Å². The second-order valence-electron chi connectivity index (χ2n) is 6.25. The van der Waals surface area contributed by atoms with Crippen molar-refractivity contribution in [3.63, 3.8) is 0 Å². The van der Waals surface area contributed by atoms with Crippen molar-refractivity contribution in [3.8, 4) is 6.07 Å². The van der Waals surface area contributed by atoms with Crippen LogP contribution in [0.25, 0.3) is 0 Å². The highest BCUT2D eigenvalue weighted by atomic mass is 32.2. The third-order valence-corrected chi connectivity index (χ3v) is 5.54. The molecule has 1 aromatic carbocycles. The molecule has 118 valence electrons. The lowest BCUT2D eigenvalue weighted by Gasteiger charge is -2.32. The number of nitrogens with zero attached hydrogens (tertiary/aromatic N) is 1. The maximum absolute atomic E-state index is 12.4. The lowest BCUT2D eigenvalue weighted by molar-refractivity contribution is -0.121. The summed E-state index contributed by atoms with van der Waals surface area (Å²) in [6, 6.07) is 8.59. The molecule has 0 bridgehead atoms. The summed E-state index contributed by atoms with van der Waals surface area (Å²) in [4.78, 5) is 13.5. The van der Waals surface area contributed by atoms with E-state index in [1.807, 2.05) is 6.92 Å². The van der Waals surface area contributed by atoms with Crippen LogP contribution in [0.2, 0.25) is 0 Å². The minimum atomic E-state index is -0.645. The van der Waals surface area contributed by atoms with Gasteiger partial charge < -0.3 is 5.32 Å². The van der Waals surface area contributed by atoms with E-state index in [0.717, 1.165) is 37.0 Å². The lowest BCUT2D eigenvalue weighted by atomic mass is 9.83. The van der Waals surface area contributed by atoms with E-state index in [2.05, 4.69) is 43.4 Å². The average molecular weight is 316 g/mol. The molecule has 1 aliphatic rings. The first kappa shape index (κ1) is 16.9. The summed E-state index contributed by atoms with van der Waals surface area (Å²) in [6.45, 7) is 6.07. The summed E-state index contributed by atoms with van der Waals surface area (Å²) >= 11 is 1.55. The second-order valence-corrected chi connectivity index (χ2v) is 7.66. The number of benzene rings is 1. The van der Waals surface area contributed by atoms with E-state index in [-0.39, 0.29) is 11.2 Å². The fraction of sp³-hybridized carbons (Fsp3) is 0.556. The molecule has 0 spiro atoms. The molecule has 22 heavy (non-hydrogen) atoms. The van der Waals surface area contributed by atoms with Gasteiger partial charge in [0.25, 0.3) is 0 Å². The second kappa shape index (κ2) is 7.19. The van der Waals surface area contributed by atoms with Gasteiger partial charge in [-0.25, -0.2) is 0 Å². The molecular weight excluding hydrogens is 292 g/mol. The molecule has 1 aliphatic carbocycles. The smallest absolute Gasteiger partial charge is 0.234 e. The van der Waals surface area contributed by atoms with Gasteiger partial charge in [0.1, 0.15) is 5.54 Å². The van der Waals surface area contributed by atoms with Crippen LogP contribution in [0.5, 0.6) is 0 Å². The standard InChI is InChI=1S/C18H24N2OS/c1-13-7-8-16(11-14(13)2)22-15(3)17(21)20-18(12-19)9-5-4-6-10-18/h7-8,11,15H,4-6,9-10H2,1-3H3,(H,20,21)/t15-/m1/s1. The molecule has 1 saturated carbocycles. The molecule has 3 nitrogen and oxygen atoms in total. The fourth-order valence-electron chi connectivity index (χ4n) is 2.80. The predicted octanol–water partition coefficient (Wildman–Crippen LogP) is 4.13. The molecule has 0 heterocycles. The molecule has 0 saturated heterocycles. The highest BCUT2D eigenvalue weighted by molar-refractivity contribution is 8.00. The molecule has 1 aromatic rings. The summed E-state index contributed by atoms with van der Waals surface area (Å²) < 4.78 is 0. The lowest BCUT2D eigenvalue weighted by Crippen LogP contribution is -2.50. The number of aryl methyl sites for hydroxylation is 2. The van der Waals surface area contributed by atoms with Gasteiger partial charge in [0.2, 0.25) is 5.91 Å². The number of hydrogen-bond acceptors (Lipinski definition) is 3. The van der Waals surface area contributed by atoms with E-state index in [0.29, 0.717) is 0 Å². The number of rotatable bonds is 4. The van der Waals surface area contributed by atoms with Gasteiger partial charge in [-0.3, -0.25) is 4.79 Å². The van der Waals surface area contributed by atoms with Crippen molar-refractivity contribution < 1.29 is 4.79 Å². The SMILES string of the molecule is Cc1ccc(S[C@H](C)C(=O)NC2(C#N)CCCCC2)cc1C. The van der Waals surface area contributed by atoms with Gasteiger partial charge >= 0.3 is 0 Å². The van der Waals surface area contributed by atoms with Crippen molar-refractivity contribution in [2.24, 2.45) is 0 Å². The van der Waals surface area contributed by atoms with Crippen LogP contribution in [0.3, 0.4) is 0 Å². The van der Waals surface area contributed by atoms with Crippen molar-refractivity contribution in [1.29, 1.82) is 5.26 Å². The van der Waals surface area contributed by atoms with Crippen LogP contribution in [0.4, 0.5) is 0 Å². The normalized spacial score (nSPS) is 18.3. The first-order valence-corrected chi connectivity index (χ1v) is 8.81. The minimum Gasteiger partial charge on any atom is -0.337 e. The van der Waals surface area contributed by atoms with Crippen LogP contribution >= 0.6 is 11.8 Å². The molecule has 0 radical (unpaired) electrons. The zero-order valence-electron chi connectivity index (χ0n) is 13.6. The number of carbonyl (C=O) groups is 1. The highest BCUT2D eigenvalue weighted by Gasteiger charge is 2.34. The molecular formula is C18H24N2OS. The Bertz CT molecular complexity index is 585. The molecule has 0 aliphatic heterocycles. The Kier molecular flexibility index (Phi) is 5.52. The zero-order valence-corrected chi connectivity index (χ0v) is 14.4. The van der Waals surface area contributed by atoms with Crippen molar-refractivity contribution in [3.05, 3.63) is 29.3 Å². The number of amides is 1. The van der Waals surface area contributed by atoms with E-state index in [9.17, 15) is 10.1 Å². The van der Waals surface area contributed by atoms with Crippen LogP contribution in [0, 0.1) is 25.2 Å². The van der Waals surface area contributed by atoms with Crippen molar-refractivity contribution in [1.82, 2.24) is 5.32 Å². The van der Waals surface area contributed by atoms with E-state index in [1.165, 1.54) is 11.1 Å². The highest BCUT2D eigenvalue weighted by Crippen LogP contribution is 2.30. The van der Waals surface area contributed by atoms with Crippen LogP contribution in [0.15, 0.2) is 23.1 Å². The first-order chi connectivity index (χ1) is 10.5. The summed E-state index contributed by atoms with van der Waals surface area (Å²) in [7, 11) is 0. The van der Waals surface area contributed by atoms with Gasteiger partial charge in [-0.2, -0.15) is 5.26 Å². The van der Waals surface area contributed by atoms with Crippen molar-refractivity contribution in [2.45, 2.75) is 68.6 Å². The Morgan fingerprint density at radius 3 is 2.55 bits per heavy atom. The maximum atomic E-state index is 12.4. The number of thioether (sulfide) groups is 1. The average Bonchev–Trinajstić information content (AvgIpc) is 2.51. The minimum absolute atomic E-state index is 0.0355. The molecule has 0 unspecified atom stereocenters. The van der Waals surface area contributed by atoms with Crippen LogP contribution < -0.4 is 5.32 Å². The number of nitriles is 1. The molecule has 1 atom stereocenters. The summed E-state index contributed by atoms with van der Waals surface area (Å²) in [6.07, 6.45) is 4.75. The van der Waals surface area contributed by atoms with Gasteiger partial charge in [-0.15, -0.1) is 11.8 Å². The molecule has 1 amide bonds. The van der Waals surface area contributed by atoms with Gasteiger partial charge in [0.05, 0.1) is 11.3 Å². The van der Waals surface area contributed by atoms with Crippen LogP contribution in [0.1, 0.15) is 50.2 Å². The molecule has 0 aromatic heterocycles. The number of nitrogens with one attached hydrogen (secondary N) is 1. The van der Waals surface area contributed by atoms with Gasteiger partial charge in [0.15, 0.2) is 0 Å². The third kappa shape index (κ3) is 4.04. The predicted molar refractivity (Wildman–Crippen MR) is 90.8 cm³/mol. The Morgan fingerprint density at radius 2 is 1.95 bits per heavy atom. The Morgan fingerprint density at radius 1 is 1.27 bits per heavy atom. The van der Waals surface area contributed by atoms with Gasteiger partial charge in [-0.05, 0) is 56.9 Å². The number of hydrogen-bond donors (Lipinski definition) is 1. The van der Waals surface area contributed by atoms with E-state index < -0.39 is 5.54 Å². The van der Waals surface area contributed by atoms with Gasteiger partial charge in [-0.1, -0.05) is 25.3 Å². The fourth-order valence-corrected chi connectivity index (χ4v) is 3.77. The largest absolute Gasteiger partial charge is 0.337 e. The Hall–Kier alpha value is -1.47. The molecule has 1 N–H and O–H groups in total. The van der Waals surface area contributed by atoms with Crippen molar-refractivity contribution in [2.75, 3.05) is 0 Å². The zero-order chi connectivity index (χ0) is 16.2. The topological polar surface area (TPSA) is 52.9 Å². The quantitative estimate of drug-likeness (QED) is 0.850. The third-order valence-electron chi connectivity index (χ3n) is 4.44. The molecule has 2 rings (SSSR count). The molecule has 1 fully saturated rings. The number of carbonyl (C=O) groups excluding carboxylic acids is 1. The monoisotopic (exact) mass is 316 g/mol. The maximum Gasteiger partial charge on any atom is 0.234 e. The Labute approximate surface area is 137 Å². The summed E-state index contributed by atoms with van der Waals surface area (Å²) in [5, 5.41) is 12.3. The van der Waals surface area contributed by atoms with E-state index >= 15 is 0 Å². The van der Waals surface area contributed by atoms with Gasteiger partial charge in [0, 0.05) is 4.90 Å². The van der Waals surface area contributed by atoms with Crippen LogP contribution in [-0.2, 0) is 4.79 Å². The summed E-state index contributed by atoms with van der Waals surface area (Å²) in [5.41, 5.74) is 1.85. The van der Waals surface area contributed by atoms with Crippen molar-refractivity contribution >= 4 is 17.7 Å². The van der Waals surface area contributed by atoms with Crippen LogP contribution in [-0.4, -0.2) is 16.7 Å². The summed E-state index contributed by atoms with van der Waals surface area (Å²) in [5.74, 6) is -0.0355.